The van der Waals surface area contributed by atoms with Crippen LogP contribution in [0.15, 0.2) is 41.3 Å². The first kappa shape index (κ1) is 21.9. The fraction of sp³-hybridized carbons (Fsp3) is 0.360. The van der Waals surface area contributed by atoms with E-state index in [0.717, 1.165) is 25.2 Å². The molecule has 3 N–H and O–H groups in total. The third-order valence-electron chi connectivity index (χ3n) is 6.67. The standard InChI is InChI=1S/C25H26FN7O2/c1-2-11-32-23(34)18-14-28-24(29-17-4-3-15-7-10-27-13-16(15)12-17)31-22(18)33(32)20-6-5-19(26)21(30-20)25(35)8-9-25/h3-6,12,14,27,35H,2,7-11,13H2,1H3,(H,28,29,31). The summed E-state index contributed by atoms with van der Waals surface area (Å²) in [5, 5.41) is 17.5. The molecular formula is C25H26FN7O2. The van der Waals surface area contributed by atoms with Crippen LogP contribution in [-0.2, 0) is 25.1 Å². The Morgan fingerprint density at radius 3 is 2.86 bits per heavy atom. The first-order chi connectivity index (χ1) is 17.0. The number of rotatable bonds is 6. The van der Waals surface area contributed by atoms with E-state index < -0.39 is 11.4 Å². The van der Waals surface area contributed by atoms with Crippen LogP contribution in [-0.4, -0.2) is 36.0 Å². The Morgan fingerprint density at radius 1 is 1.20 bits per heavy atom. The Bertz CT molecular complexity index is 1510. The largest absolute Gasteiger partial charge is 0.383 e. The monoisotopic (exact) mass is 475 g/mol. The first-order valence-electron chi connectivity index (χ1n) is 11.9. The van der Waals surface area contributed by atoms with Gasteiger partial charge in [0.25, 0.3) is 5.56 Å². The minimum atomic E-state index is -1.25. The number of aromatic nitrogens is 5. The zero-order valence-corrected chi connectivity index (χ0v) is 19.4. The maximum atomic E-state index is 14.5. The highest BCUT2D eigenvalue weighted by Gasteiger charge is 2.46. The van der Waals surface area contributed by atoms with E-state index in [1.165, 1.54) is 34.1 Å². The van der Waals surface area contributed by atoms with Crippen molar-refractivity contribution in [3.05, 3.63) is 69.5 Å². The smallest absolute Gasteiger partial charge is 0.278 e. The molecule has 35 heavy (non-hydrogen) atoms. The summed E-state index contributed by atoms with van der Waals surface area (Å²) < 4.78 is 17.6. The van der Waals surface area contributed by atoms with Crippen molar-refractivity contribution in [2.75, 3.05) is 11.9 Å². The average molecular weight is 476 g/mol. The molecule has 1 aliphatic carbocycles. The lowest BCUT2D eigenvalue weighted by Crippen LogP contribution is -2.23. The summed E-state index contributed by atoms with van der Waals surface area (Å²) in [4.78, 5) is 26.7. The van der Waals surface area contributed by atoms with Gasteiger partial charge < -0.3 is 15.7 Å². The van der Waals surface area contributed by atoms with Crippen molar-refractivity contribution >= 4 is 22.7 Å². The van der Waals surface area contributed by atoms with Crippen LogP contribution in [0.5, 0.6) is 0 Å². The maximum Gasteiger partial charge on any atom is 0.278 e. The first-order valence-corrected chi connectivity index (χ1v) is 11.9. The van der Waals surface area contributed by atoms with Crippen molar-refractivity contribution in [1.29, 1.82) is 0 Å². The Morgan fingerprint density at radius 2 is 2.06 bits per heavy atom. The molecular weight excluding hydrogens is 449 g/mol. The molecule has 4 aromatic rings. The molecule has 0 atom stereocenters. The summed E-state index contributed by atoms with van der Waals surface area (Å²) in [6.07, 6.45) is 4.13. The highest BCUT2D eigenvalue weighted by atomic mass is 19.1. The molecule has 0 saturated heterocycles. The molecule has 0 radical (unpaired) electrons. The molecule has 9 nitrogen and oxygen atoms in total. The van der Waals surface area contributed by atoms with Crippen molar-refractivity contribution in [1.82, 2.24) is 29.6 Å². The topological polar surface area (TPSA) is 110 Å². The molecule has 0 bridgehead atoms. The Hall–Kier alpha value is -3.63. The fourth-order valence-corrected chi connectivity index (χ4v) is 4.65. The van der Waals surface area contributed by atoms with Gasteiger partial charge in [0, 0.05) is 25.0 Å². The van der Waals surface area contributed by atoms with Crippen molar-refractivity contribution in [3.63, 3.8) is 0 Å². The van der Waals surface area contributed by atoms with Gasteiger partial charge in [-0.3, -0.25) is 4.79 Å². The van der Waals surface area contributed by atoms with Crippen molar-refractivity contribution in [3.8, 4) is 5.82 Å². The molecule has 10 heteroatoms. The molecule has 0 unspecified atom stereocenters. The quantitative estimate of drug-likeness (QED) is 0.393. The lowest BCUT2D eigenvalue weighted by molar-refractivity contribution is 0.141. The van der Waals surface area contributed by atoms with E-state index in [2.05, 4.69) is 37.7 Å². The van der Waals surface area contributed by atoms with Crippen LogP contribution in [0, 0.1) is 5.82 Å². The predicted octanol–water partition coefficient (Wildman–Crippen LogP) is 2.90. The van der Waals surface area contributed by atoms with Crippen LogP contribution in [0.25, 0.3) is 16.9 Å². The molecule has 3 aromatic heterocycles. The van der Waals surface area contributed by atoms with E-state index in [4.69, 9.17) is 0 Å². The number of anilines is 2. The van der Waals surface area contributed by atoms with Crippen molar-refractivity contribution in [2.24, 2.45) is 0 Å². The fourth-order valence-electron chi connectivity index (χ4n) is 4.65. The van der Waals surface area contributed by atoms with Crippen LogP contribution in [0.1, 0.15) is 43.0 Å². The number of fused-ring (bicyclic) bond motifs is 2. The summed E-state index contributed by atoms with van der Waals surface area (Å²) in [7, 11) is 0. The van der Waals surface area contributed by atoms with Gasteiger partial charge in [-0.25, -0.2) is 23.7 Å². The van der Waals surface area contributed by atoms with Gasteiger partial charge in [0.1, 0.15) is 22.5 Å². The van der Waals surface area contributed by atoms with Gasteiger partial charge in [-0.15, -0.1) is 0 Å². The number of aliphatic hydroxyl groups is 1. The predicted molar refractivity (Wildman–Crippen MR) is 129 cm³/mol. The maximum absolute atomic E-state index is 14.5. The number of hydrogen-bond donors (Lipinski definition) is 3. The van der Waals surface area contributed by atoms with E-state index in [-0.39, 0.29) is 11.3 Å². The number of benzene rings is 1. The highest BCUT2D eigenvalue weighted by Crippen LogP contribution is 2.45. The molecule has 6 rings (SSSR count). The zero-order chi connectivity index (χ0) is 24.2. The summed E-state index contributed by atoms with van der Waals surface area (Å²) in [6, 6.07) is 8.96. The van der Waals surface area contributed by atoms with Gasteiger partial charge >= 0.3 is 0 Å². The van der Waals surface area contributed by atoms with Gasteiger partial charge in [0.15, 0.2) is 11.5 Å². The zero-order valence-electron chi connectivity index (χ0n) is 19.4. The number of nitrogens with one attached hydrogen (secondary N) is 2. The molecule has 1 saturated carbocycles. The second-order valence-electron chi connectivity index (χ2n) is 9.24. The number of hydrogen-bond acceptors (Lipinski definition) is 7. The molecule has 2 aliphatic rings. The van der Waals surface area contributed by atoms with Crippen molar-refractivity contribution < 1.29 is 9.50 Å². The third-order valence-corrected chi connectivity index (χ3v) is 6.67. The second-order valence-corrected chi connectivity index (χ2v) is 9.24. The molecule has 1 aliphatic heterocycles. The summed E-state index contributed by atoms with van der Waals surface area (Å²) in [5.74, 6) is 0.104. The Balaban J connectivity index is 1.46. The number of nitrogens with zero attached hydrogens (tertiary/aromatic N) is 5. The third kappa shape index (κ3) is 3.78. The van der Waals surface area contributed by atoms with E-state index >= 15 is 0 Å². The molecule has 0 amide bonds. The number of halogens is 1. The normalized spacial score (nSPS) is 16.3. The van der Waals surface area contributed by atoms with Gasteiger partial charge in [0.05, 0.1) is 0 Å². The van der Waals surface area contributed by atoms with E-state index in [1.807, 2.05) is 13.0 Å². The van der Waals surface area contributed by atoms with E-state index in [1.54, 1.807) is 4.68 Å². The van der Waals surface area contributed by atoms with Gasteiger partial charge in [-0.05, 0) is 67.6 Å². The molecule has 180 valence electrons. The lowest BCUT2D eigenvalue weighted by atomic mass is 10.0. The van der Waals surface area contributed by atoms with Gasteiger partial charge in [-0.1, -0.05) is 13.0 Å². The summed E-state index contributed by atoms with van der Waals surface area (Å²) in [6.45, 7) is 4.18. The van der Waals surface area contributed by atoms with Gasteiger partial charge in [0.2, 0.25) is 5.95 Å². The molecule has 0 spiro atoms. The Labute approximate surface area is 200 Å². The van der Waals surface area contributed by atoms with Crippen molar-refractivity contribution in [2.45, 2.75) is 51.3 Å². The summed E-state index contributed by atoms with van der Waals surface area (Å²) in [5.41, 5.74) is 2.29. The molecule has 1 fully saturated rings. The number of pyridine rings is 1. The minimum Gasteiger partial charge on any atom is -0.383 e. The van der Waals surface area contributed by atoms with E-state index in [9.17, 15) is 14.3 Å². The summed E-state index contributed by atoms with van der Waals surface area (Å²) >= 11 is 0. The van der Waals surface area contributed by atoms with Crippen LogP contribution >= 0.6 is 0 Å². The SMILES string of the molecule is CCCn1c(=O)c2cnc(Nc3ccc4c(c3)CNCC4)nc2n1-c1ccc(F)c(C2(O)CC2)n1. The van der Waals surface area contributed by atoms with Crippen LogP contribution in [0.4, 0.5) is 16.0 Å². The highest BCUT2D eigenvalue weighted by molar-refractivity contribution is 5.77. The molecule has 4 heterocycles. The van der Waals surface area contributed by atoms with Gasteiger partial charge in [-0.2, -0.15) is 4.98 Å². The van der Waals surface area contributed by atoms with Crippen LogP contribution < -0.4 is 16.2 Å². The molecule has 1 aromatic carbocycles. The second kappa shape index (κ2) is 8.24. The lowest BCUT2D eigenvalue weighted by Gasteiger charge is -2.18. The van der Waals surface area contributed by atoms with E-state index in [0.29, 0.717) is 48.6 Å². The van der Waals surface area contributed by atoms with Crippen LogP contribution in [0.3, 0.4) is 0 Å². The average Bonchev–Trinajstić information content (AvgIpc) is 3.56. The van der Waals surface area contributed by atoms with Crippen LogP contribution in [0.2, 0.25) is 0 Å². The Kier molecular flexibility index (Phi) is 5.15. The minimum absolute atomic E-state index is 0.00224.